The van der Waals surface area contributed by atoms with Gasteiger partial charge in [0.05, 0.1) is 12.4 Å². The lowest BCUT2D eigenvalue weighted by Gasteiger charge is -2.22. The van der Waals surface area contributed by atoms with E-state index in [9.17, 15) is 23.0 Å². The monoisotopic (exact) mass is 362 g/mol. The molecule has 24 heavy (non-hydrogen) atoms. The summed E-state index contributed by atoms with van der Waals surface area (Å²) in [5.74, 6) is 0.107. The first kappa shape index (κ1) is 16.9. The molecule has 0 aliphatic heterocycles. The van der Waals surface area contributed by atoms with Gasteiger partial charge >= 0.3 is 10.3 Å². The van der Waals surface area contributed by atoms with Crippen molar-refractivity contribution < 1.29 is 27.2 Å². The number of nitrogen functional groups attached to an aromatic ring is 1. The molecule has 1 fully saturated rings. The summed E-state index contributed by atoms with van der Waals surface area (Å²) in [6.45, 7) is -1.02. The van der Waals surface area contributed by atoms with Crippen LogP contribution in [-0.4, -0.2) is 62.6 Å². The largest absolute Gasteiger partial charge is 0.388 e. The molecule has 11 nitrogen and oxygen atoms in total. The highest BCUT2D eigenvalue weighted by atomic mass is 32.2. The van der Waals surface area contributed by atoms with Crippen molar-refractivity contribution in [3.8, 4) is 0 Å². The SMILES string of the molecule is Nc1ncnc2c1ncn2[C@@H]1C[C@@](F)(COS(N)(=O)=O)C(O)C1O. The summed E-state index contributed by atoms with van der Waals surface area (Å²) >= 11 is 0. The second-order valence-corrected chi connectivity index (χ2v) is 6.80. The van der Waals surface area contributed by atoms with Gasteiger partial charge in [0.15, 0.2) is 17.1 Å². The molecular weight excluding hydrogens is 347 g/mol. The number of alkyl halides is 1. The first-order valence-corrected chi connectivity index (χ1v) is 8.25. The van der Waals surface area contributed by atoms with Crippen LogP contribution in [0.15, 0.2) is 12.7 Å². The average Bonchev–Trinajstić information content (AvgIpc) is 3.02. The Balaban J connectivity index is 1.93. The van der Waals surface area contributed by atoms with Crippen LogP contribution in [0.5, 0.6) is 0 Å². The van der Waals surface area contributed by atoms with Crippen LogP contribution >= 0.6 is 0 Å². The van der Waals surface area contributed by atoms with Gasteiger partial charge in [0, 0.05) is 6.42 Å². The normalized spacial score (nSPS) is 30.9. The molecule has 2 unspecified atom stereocenters. The lowest BCUT2D eigenvalue weighted by atomic mass is 10.0. The fourth-order valence-electron chi connectivity index (χ4n) is 2.81. The third-order valence-corrected chi connectivity index (χ3v) is 4.45. The number of imidazole rings is 1. The van der Waals surface area contributed by atoms with Crippen LogP contribution in [0.3, 0.4) is 0 Å². The van der Waals surface area contributed by atoms with Crippen molar-refractivity contribution >= 4 is 27.3 Å². The van der Waals surface area contributed by atoms with Crippen LogP contribution < -0.4 is 10.9 Å². The van der Waals surface area contributed by atoms with Gasteiger partial charge in [-0.2, -0.15) is 8.42 Å². The molecule has 2 aromatic rings. The lowest BCUT2D eigenvalue weighted by molar-refractivity contribution is -0.0597. The minimum atomic E-state index is -4.39. The maximum Gasteiger partial charge on any atom is 0.333 e. The smallest absolute Gasteiger partial charge is 0.333 e. The number of aliphatic hydroxyl groups excluding tert-OH is 2. The summed E-state index contributed by atoms with van der Waals surface area (Å²) in [4.78, 5) is 11.8. The van der Waals surface area contributed by atoms with E-state index in [0.29, 0.717) is 0 Å². The maximum atomic E-state index is 14.9. The molecule has 0 saturated heterocycles. The molecule has 0 amide bonds. The number of nitrogens with two attached hydrogens (primary N) is 2. The standard InChI is InChI=1S/C11H15FN6O5S/c12-11(2-23-24(14,21)22)1-5(7(19)8(11)20)18-4-17-6-9(13)15-3-16-10(6)18/h3-5,7-8,19-20H,1-2H2,(H2,13,15,16)(H2,14,21,22)/t5-,7?,8?,11-/m1/s1. The number of halogens is 1. The molecule has 0 radical (unpaired) electrons. The molecule has 4 atom stereocenters. The number of fused-ring (bicyclic) bond motifs is 1. The second kappa shape index (κ2) is 5.56. The number of rotatable bonds is 4. The van der Waals surface area contributed by atoms with Crippen LogP contribution in [0.2, 0.25) is 0 Å². The van der Waals surface area contributed by atoms with Crippen molar-refractivity contribution in [1.29, 1.82) is 0 Å². The molecule has 6 N–H and O–H groups in total. The molecule has 3 rings (SSSR count). The highest BCUT2D eigenvalue weighted by Crippen LogP contribution is 2.42. The van der Waals surface area contributed by atoms with Crippen molar-refractivity contribution in [1.82, 2.24) is 19.5 Å². The van der Waals surface area contributed by atoms with Crippen LogP contribution in [0.4, 0.5) is 10.2 Å². The zero-order valence-corrected chi connectivity index (χ0v) is 13.0. The summed E-state index contributed by atoms with van der Waals surface area (Å²) in [6.07, 6.45) is -1.42. The van der Waals surface area contributed by atoms with Gasteiger partial charge < -0.3 is 20.5 Å². The van der Waals surface area contributed by atoms with Crippen LogP contribution in [0, 0.1) is 0 Å². The number of aliphatic hydroxyl groups is 2. The van der Waals surface area contributed by atoms with E-state index in [-0.39, 0.29) is 17.0 Å². The second-order valence-electron chi connectivity index (χ2n) is 5.58. The van der Waals surface area contributed by atoms with Gasteiger partial charge in [-0.15, -0.1) is 0 Å². The molecule has 1 aliphatic rings. The van der Waals surface area contributed by atoms with Gasteiger partial charge in [0.1, 0.15) is 30.7 Å². The zero-order valence-electron chi connectivity index (χ0n) is 12.1. The fourth-order valence-corrected chi connectivity index (χ4v) is 3.17. The average molecular weight is 362 g/mol. The lowest BCUT2D eigenvalue weighted by Crippen LogP contribution is -2.43. The Morgan fingerprint density at radius 3 is 2.79 bits per heavy atom. The highest BCUT2D eigenvalue weighted by molar-refractivity contribution is 7.84. The summed E-state index contributed by atoms with van der Waals surface area (Å²) in [6, 6.07) is -0.964. The summed E-state index contributed by atoms with van der Waals surface area (Å²) in [5.41, 5.74) is 3.65. The van der Waals surface area contributed by atoms with Crippen molar-refractivity contribution in [2.24, 2.45) is 5.14 Å². The van der Waals surface area contributed by atoms with Crippen molar-refractivity contribution in [2.75, 3.05) is 12.3 Å². The summed E-state index contributed by atoms with van der Waals surface area (Å²) < 4.78 is 42.1. The van der Waals surface area contributed by atoms with Crippen molar-refractivity contribution in [3.05, 3.63) is 12.7 Å². The van der Waals surface area contributed by atoms with E-state index in [1.54, 1.807) is 0 Å². The Labute approximate surface area is 135 Å². The van der Waals surface area contributed by atoms with E-state index in [2.05, 4.69) is 24.3 Å². The van der Waals surface area contributed by atoms with Crippen LogP contribution in [0.1, 0.15) is 12.5 Å². The van der Waals surface area contributed by atoms with E-state index in [1.165, 1.54) is 17.2 Å². The molecule has 1 aliphatic carbocycles. The number of aromatic nitrogens is 4. The Morgan fingerprint density at radius 1 is 1.42 bits per heavy atom. The maximum absolute atomic E-state index is 14.9. The van der Waals surface area contributed by atoms with E-state index in [1.807, 2.05) is 0 Å². The summed E-state index contributed by atoms with van der Waals surface area (Å²) in [7, 11) is -4.39. The first-order chi connectivity index (χ1) is 11.1. The first-order valence-electron chi connectivity index (χ1n) is 6.77. The van der Waals surface area contributed by atoms with E-state index in [0.717, 1.165) is 0 Å². The van der Waals surface area contributed by atoms with Gasteiger partial charge in [-0.25, -0.2) is 24.5 Å². The Bertz CT molecular complexity index is 875. The predicted molar refractivity (Wildman–Crippen MR) is 78.3 cm³/mol. The van der Waals surface area contributed by atoms with Gasteiger partial charge in [-0.3, -0.25) is 4.18 Å². The fraction of sp³-hybridized carbons (Fsp3) is 0.545. The van der Waals surface area contributed by atoms with E-state index < -0.39 is 47.3 Å². The molecule has 132 valence electrons. The van der Waals surface area contributed by atoms with E-state index >= 15 is 0 Å². The number of anilines is 1. The highest BCUT2D eigenvalue weighted by Gasteiger charge is 2.55. The third kappa shape index (κ3) is 2.80. The molecular formula is C11H15FN6O5S. The molecule has 2 aromatic heterocycles. The summed E-state index contributed by atoms with van der Waals surface area (Å²) in [5, 5.41) is 24.8. The molecule has 0 spiro atoms. The van der Waals surface area contributed by atoms with Crippen molar-refractivity contribution in [3.63, 3.8) is 0 Å². The minimum Gasteiger partial charge on any atom is -0.388 e. The van der Waals surface area contributed by atoms with Crippen LogP contribution in [-0.2, 0) is 14.5 Å². The minimum absolute atomic E-state index is 0.107. The number of nitrogens with zero attached hydrogens (tertiary/aromatic N) is 4. The zero-order chi connectivity index (χ0) is 17.7. The molecule has 0 aromatic carbocycles. The van der Waals surface area contributed by atoms with Crippen molar-refractivity contribution in [2.45, 2.75) is 30.3 Å². The molecule has 0 bridgehead atoms. The van der Waals surface area contributed by atoms with Crippen LogP contribution in [0.25, 0.3) is 11.2 Å². The van der Waals surface area contributed by atoms with E-state index in [4.69, 9.17) is 5.73 Å². The Morgan fingerprint density at radius 2 is 2.12 bits per heavy atom. The van der Waals surface area contributed by atoms with Gasteiger partial charge in [-0.1, -0.05) is 0 Å². The third-order valence-electron chi connectivity index (χ3n) is 4.00. The quantitative estimate of drug-likeness (QED) is 0.478. The molecule has 13 heteroatoms. The topological polar surface area (TPSA) is 179 Å². The number of hydrogen-bond donors (Lipinski definition) is 4. The predicted octanol–water partition coefficient (Wildman–Crippen LogP) is -2.00. The molecule has 1 saturated carbocycles. The molecule has 2 heterocycles. The van der Waals surface area contributed by atoms with Gasteiger partial charge in [0.25, 0.3) is 0 Å². The Kier molecular flexibility index (Phi) is 3.92. The number of hydrogen-bond acceptors (Lipinski definition) is 9. The Hall–Kier alpha value is -1.93. The van der Waals surface area contributed by atoms with Gasteiger partial charge in [0.2, 0.25) is 0 Å². The van der Waals surface area contributed by atoms with Gasteiger partial charge in [-0.05, 0) is 0 Å².